The number of nitrogens with zero attached hydrogens (tertiary/aromatic N) is 5. The Hall–Kier alpha value is -4.16. The number of rotatable bonds is 8. The first-order chi connectivity index (χ1) is 19.0. The number of halogens is 1. The highest BCUT2D eigenvalue weighted by molar-refractivity contribution is 5.98. The van der Waals surface area contributed by atoms with Gasteiger partial charge in [-0.2, -0.15) is 4.98 Å². The summed E-state index contributed by atoms with van der Waals surface area (Å²) in [7, 11) is 0. The maximum atomic E-state index is 13.2. The van der Waals surface area contributed by atoms with Crippen LogP contribution in [0.25, 0.3) is 0 Å². The number of amidine groups is 1. The Kier molecular flexibility index (Phi) is 8.23. The number of benzene rings is 2. The smallest absolute Gasteiger partial charge is 0.254 e. The van der Waals surface area contributed by atoms with Crippen molar-refractivity contribution in [2.45, 2.75) is 25.4 Å². The third kappa shape index (κ3) is 6.65. The van der Waals surface area contributed by atoms with E-state index in [-0.39, 0.29) is 29.3 Å². The molecule has 39 heavy (non-hydrogen) atoms. The van der Waals surface area contributed by atoms with Crippen molar-refractivity contribution in [2.24, 2.45) is 5.73 Å². The molecule has 2 aliphatic heterocycles. The van der Waals surface area contributed by atoms with Crippen molar-refractivity contribution in [1.82, 2.24) is 25.4 Å². The topological polar surface area (TPSA) is 145 Å². The molecule has 2 saturated heterocycles. The van der Waals surface area contributed by atoms with Gasteiger partial charge in [-0.05, 0) is 54.8 Å². The molecule has 12 heteroatoms. The van der Waals surface area contributed by atoms with Crippen LogP contribution in [0.1, 0.15) is 34.5 Å². The van der Waals surface area contributed by atoms with E-state index in [2.05, 4.69) is 30.7 Å². The number of carbonyl (C=O) groups excluding carboxylic acids is 1. The van der Waals surface area contributed by atoms with Crippen LogP contribution in [0.2, 0.25) is 0 Å². The monoisotopic (exact) mass is 533 g/mol. The van der Waals surface area contributed by atoms with Crippen LogP contribution in [0.4, 0.5) is 21.8 Å². The summed E-state index contributed by atoms with van der Waals surface area (Å²) >= 11 is 0. The zero-order valence-corrected chi connectivity index (χ0v) is 21.6. The van der Waals surface area contributed by atoms with Crippen LogP contribution in [-0.2, 0) is 11.3 Å². The zero-order valence-electron chi connectivity index (χ0n) is 21.6. The Balaban J connectivity index is 1.26. The van der Waals surface area contributed by atoms with Gasteiger partial charge in [0, 0.05) is 50.0 Å². The Morgan fingerprint density at radius 1 is 1.08 bits per heavy atom. The Bertz CT molecular complexity index is 1300. The molecule has 204 valence electrons. The van der Waals surface area contributed by atoms with Gasteiger partial charge in [-0.15, -0.1) is 10.2 Å². The highest BCUT2D eigenvalue weighted by Gasteiger charge is 2.24. The van der Waals surface area contributed by atoms with E-state index < -0.39 is 0 Å². The van der Waals surface area contributed by atoms with Crippen LogP contribution in [0.5, 0.6) is 0 Å². The number of ether oxygens (including phenoxy) is 1. The molecule has 1 amide bonds. The molecule has 11 nitrogen and oxygen atoms in total. The second kappa shape index (κ2) is 12.1. The number of piperidine rings is 1. The Morgan fingerprint density at radius 3 is 2.54 bits per heavy atom. The third-order valence-corrected chi connectivity index (χ3v) is 6.84. The molecular weight excluding hydrogens is 501 g/mol. The fraction of sp³-hybridized carbons (Fsp3) is 0.370. The summed E-state index contributed by atoms with van der Waals surface area (Å²) in [6.07, 6.45) is 1.94. The first kappa shape index (κ1) is 26.4. The van der Waals surface area contributed by atoms with Crippen molar-refractivity contribution in [3.05, 3.63) is 71.2 Å². The van der Waals surface area contributed by atoms with Gasteiger partial charge in [-0.3, -0.25) is 10.2 Å². The zero-order chi connectivity index (χ0) is 27.2. The number of hydrogen-bond acceptors (Lipinski definition) is 9. The second-order valence-electron chi connectivity index (χ2n) is 9.62. The highest BCUT2D eigenvalue weighted by Crippen LogP contribution is 2.23. The van der Waals surface area contributed by atoms with E-state index in [4.69, 9.17) is 15.9 Å². The van der Waals surface area contributed by atoms with E-state index in [1.807, 2.05) is 0 Å². The summed E-state index contributed by atoms with van der Waals surface area (Å²) in [6.45, 7) is 4.34. The van der Waals surface area contributed by atoms with Crippen molar-refractivity contribution < 1.29 is 13.9 Å². The second-order valence-corrected chi connectivity index (χ2v) is 9.62. The number of nitrogens with one attached hydrogen (secondary N) is 3. The lowest BCUT2D eigenvalue weighted by Crippen LogP contribution is -2.46. The fourth-order valence-electron chi connectivity index (χ4n) is 4.69. The number of amides is 1. The first-order valence-electron chi connectivity index (χ1n) is 13.0. The van der Waals surface area contributed by atoms with E-state index >= 15 is 0 Å². The number of nitrogens with two attached hydrogens (primary N) is 1. The molecule has 0 aliphatic carbocycles. The van der Waals surface area contributed by atoms with E-state index in [1.54, 1.807) is 41.3 Å². The van der Waals surface area contributed by atoms with Gasteiger partial charge in [0.2, 0.25) is 5.95 Å². The van der Waals surface area contributed by atoms with Crippen LogP contribution < -0.4 is 21.3 Å². The van der Waals surface area contributed by atoms with Crippen molar-refractivity contribution >= 4 is 29.2 Å². The SMILES string of the molecule is N=C(N)c1nnc(N2CCC[C@@H](NCc3ccc(F)cc3)C2)nc1Nc1ccc(C(=O)N2CCOCC2)cc1. The third-order valence-electron chi connectivity index (χ3n) is 6.84. The van der Waals surface area contributed by atoms with Crippen molar-refractivity contribution in [3.8, 4) is 0 Å². The lowest BCUT2D eigenvalue weighted by atomic mass is 10.1. The number of nitrogen functional groups attached to an aromatic ring is 1. The summed E-state index contributed by atoms with van der Waals surface area (Å²) in [4.78, 5) is 21.2. The molecule has 0 radical (unpaired) electrons. The molecule has 2 aliphatic rings. The lowest BCUT2D eigenvalue weighted by Gasteiger charge is -2.33. The lowest BCUT2D eigenvalue weighted by molar-refractivity contribution is 0.0303. The van der Waals surface area contributed by atoms with Crippen LogP contribution in [0.15, 0.2) is 48.5 Å². The largest absolute Gasteiger partial charge is 0.382 e. The van der Waals surface area contributed by atoms with E-state index in [0.717, 1.165) is 24.9 Å². The quantitative estimate of drug-likeness (QED) is 0.253. The number of hydrogen-bond donors (Lipinski definition) is 4. The minimum Gasteiger partial charge on any atom is -0.382 e. The molecular formula is C27H32FN9O2. The molecule has 2 fully saturated rings. The standard InChI is InChI=1S/C27H32FN9O2/c28-20-7-3-18(4-8-20)16-31-22-2-1-11-37(17-22)27-33-25(23(24(29)30)34-35-27)32-21-9-5-19(6-10-21)26(38)36-12-14-39-15-13-36/h3-10,22,31H,1-2,11-17H2,(H3,29,30)(H,32,33,35)/t22-/m1/s1. The predicted octanol–water partition coefficient (Wildman–Crippen LogP) is 2.27. The molecule has 1 aromatic heterocycles. The van der Waals surface area contributed by atoms with Crippen molar-refractivity contribution in [1.29, 1.82) is 5.41 Å². The minimum atomic E-state index is -0.249. The molecule has 0 unspecified atom stereocenters. The molecule has 3 aromatic rings. The fourth-order valence-corrected chi connectivity index (χ4v) is 4.69. The average Bonchev–Trinajstić information content (AvgIpc) is 2.97. The van der Waals surface area contributed by atoms with Crippen LogP contribution in [0, 0.1) is 11.2 Å². The molecule has 0 spiro atoms. The molecule has 5 N–H and O–H groups in total. The Morgan fingerprint density at radius 2 is 1.82 bits per heavy atom. The number of carbonyl (C=O) groups is 1. The van der Waals surface area contributed by atoms with Gasteiger partial charge in [-0.1, -0.05) is 12.1 Å². The molecule has 2 aromatic carbocycles. The van der Waals surface area contributed by atoms with Gasteiger partial charge < -0.3 is 30.9 Å². The minimum absolute atomic E-state index is 0.0343. The summed E-state index contributed by atoms with van der Waals surface area (Å²) in [6, 6.07) is 13.8. The van der Waals surface area contributed by atoms with Gasteiger partial charge in [0.05, 0.1) is 13.2 Å². The molecule has 0 saturated carbocycles. The molecule has 5 rings (SSSR count). The van der Waals surface area contributed by atoms with Crippen LogP contribution in [0.3, 0.4) is 0 Å². The summed E-state index contributed by atoms with van der Waals surface area (Å²) < 4.78 is 18.5. The normalized spacial score (nSPS) is 17.6. The van der Waals surface area contributed by atoms with Crippen LogP contribution in [-0.4, -0.2) is 77.3 Å². The average molecular weight is 534 g/mol. The molecule has 1 atom stereocenters. The van der Waals surface area contributed by atoms with Gasteiger partial charge >= 0.3 is 0 Å². The Labute approximate surface area is 226 Å². The van der Waals surface area contributed by atoms with Gasteiger partial charge in [0.15, 0.2) is 11.5 Å². The maximum Gasteiger partial charge on any atom is 0.254 e. The first-order valence-corrected chi connectivity index (χ1v) is 13.0. The van der Waals surface area contributed by atoms with E-state index in [9.17, 15) is 9.18 Å². The van der Waals surface area contributed by atoms with Gasteiger partial charge in [0.25, 0.3) is 5.91 Å². The number of aromatic nitrogens is 3. The number of anilines is 3. The van der Waals surface area contributed by atoms with E-state index in [0.29, 0.717) is 62.4 Å². The van der Waals surface area contributed by atoms with Crippen molar-refractivity contribution in [3.63, 3.8) is 0 Å². The van der Waals surface area contributed by atoms with Crippen LogP contribution >= 0.6 is 0 Å². The molecule has 3 heterocycles. The highest BCUT2D eigenvalue weighted by atomic mass is 19.1. The predicted molar refractivity (Wildman–Crippen MR) is 146 cm³/mol. The number of morpholine rings is 1. The van der Waals surface area contributed by atoms with Gasteiger partial charge in [-0.25, -0.2) is 4.39 Å². The summed E-state index contributed by atoms with van der Waals surface area (Å²) in [5, 5.41) is 23.1. The molecule has 0 bridgehead atoms. The summed E-state index contributed by atoms with van der Waals surface area (Å²) in [5.74, 6) is 0.229. The van der Waals surface area contributed by atoms with Gasteiger partial charge in [0.1, 0.15) is 11.7 Å². The maximum absolute atomic E-state index is 13.2. The van der Waals surface area contributed by atoms with E-state index in [1.165, 1.54) is 12.1 Å². The summed E-state index contributed by atoms with van der Waals surface area (Å²) in [5.41, 5.74) is 8.19. The van der Waals surface area contributed by atoms with Crippen molar-refractivity contribution in [2.75, 3.05) is 49.6 Å².